The lowest BCUT2D eigenvalue weighted by atomic mass is 9.84. The number of benzene rings is 2. The van der Waals surface area contributed by atoms with Crippen LogP contribution in [0.4, 0.5) is 0 Å². The van der Waals surface area contributed by atoms with Crippen molar-refractivity contribution in [1.29, 1.82) is 0 Å². The summed E-state index contributed by atoms with van der Waals surface area (Å²) in [7, 11) is -3.55. The molecule has 0 fully saturated rings. The van der Waals surface area contributed by atoms with E-state index in [4.69, 9.17) is 4.74 Å². The second-order valence-corrected chi connectivity index (χ2v) is 11.1. The first kappa shape index (κ1) is 23.1. The lowest BCUT2D eigenvalue weighted by Gasteiger charge is -2.25. The summed E-state index contributed by atoms with van der Waals surface area (Å²) in [5, 5.41) is 0. The van der Waals surface area contributed by atoms with E-state index in [0.717, 1.165) is 5.56 Å². The SMILES string of the molecule is CCOC(=O)C(C)(C)c1ccc(-c2ccccc2)c(S(=O)(=O)CCC(C)(C)C)c1. The van der Waals surface area contributed by atoms with Gasteiger partial charge in [0.2, 0.25) is 0 Å². The highest BCUT2D eigenvalue weighted by Gasteiger charge is 2.33. The van der Waals surface area contributed by atoms with E-state index in [9.17, 15) is 13.2 Å². The fourth-order valence-corrected chi connectivity index (χ4v) is 4.93. The minimum Gasteiger partial charge on any atom is -0.465 e. The van der Waals surface area contributed by atoms with E-state index >= 15 is 0 Å². The number of esters is 1. The van der Waals surface area contributed by atoms with E-state index < -0.39 is 15.3 Å². The van der Waals surface area contributed by atoms with Gasteiger partial charge in [0.1, 0.15) is 0 Å². The molecule has 4 nitrogen and oxygen atoms in total. The van der Waals surface area contributed by atoms with Crippen LogP contribution >= 0.6 is 0 Å². The van der Waals surface area contributed by atoms with E-state index in [1.165, 1.54) is 0 Å². The molecule has 0 spiro atoms. The Labute approximate surface area is 175 Å². The van der Waals surface area contributed by atoms with E-state index in [1.54, 1.807) is 32.9 Å². The zero-order valence-corrected chi connectivity index (χ0v) is 19.1. The molecule has 0 aliphatic rings. The van der Waals surface area contributed by atoms with E-state index in [-0.39, 0.29) is 28.6 Å². The first-order chi connectivity index (χ1) is 13.4. The maximum atomic E-state index is 13.3. The van der Waals surface area contributed by atoms with Gasteiger partial charge in [-0.3, -0.25) is 4.79 Å². The molecule has 0 radical (unpaired) electrons. The highest BCUT2D eigenvalue weighted by molar-refractivity contribution is 7.91. The van der Waals surface area contributed by atoms with Gasteiger partial charge in [0, 0.05) is 5.56 Å². The Morgan fingerprint density at radius 2 is 1.59 bits per heavy atom. The van der Waals surface area contributed by atoms with Gasteiger partial charge >= 0.3 is 5.97 Å². The summed E-state index contributed by atoms with van der Waals surface area (Å²) >= 11 is 0. The minimum atomic E-state index is -3.55. The first-order valence-electron chi connectivity index (χ1n) is 9.98. The summed E-state index contributed by atoms with van der Waals surface area (Å²) in [4.78, 5) is 12.7. The summed E-state index contributed by atoms with van der Waals surface area (Å²) in [6, 6.07) is 14.7. The van der Waals surface area contributed by atoms with Gasteiger partial charge in [-0.05, 0) is 49.8 Å². The van der Waals surface area contributed by atoms with E-state index in [0.29, 0.717) is 17.5 Å². The molecule has 0 atom stereocenters. The van der Waals surface area contributed by atoms with Crippen molar-refractivity contribution in [1.82, 2.24) is 0 Å². The molecule has 0 aliphatic heterocycles. The van der Waals surface area contributed by atoms with Gasteiger partial charge in [0.25, 0.3) is 0 Å². The highest BCUT2D eigenvalue weighted by Crippen LogP contribution is 2.35. The molecule has 0 bridgehead atoms. The summed E-state index contributed by atoms with van der Waals surface area (Å²) in [6.45, 7) is 11.6. The number of ether oxygens (including phenoxy) is 1. The van der Waals surface area contributed by atoms with Crippen LogP contribution in [0.2, 0.25) is 0 Å². The third-order valence-corrected chi connectivity index (χ3v) is 6.78. The van der Waals surface area contributed by atoms with Crippen LogP contribution < -0.4 is 0 Å². The van der Waals surface area contributed by atoms with Crippen LogP contribution in [0.25, 0.3) is 11.1 Å². The minimum absolute atomic E-state index is 0.0552. The molecule has 158 valence electrons. The summed E-state index contributed by atoms with van der Waals surface area (Å²) < 4.78 is 31.9. The molecule has 2 aromatic rings. The Balaban J connectivity index is 2.62. The second kappa shape index (κ2) is 8.70. The van der Waals surface area contributed by atoms with Gasteiger partial charge in [-0.15, -0.1) is 0 Å². The molecule has 0 saturated carbocycles. The van der Waals surface area contributed by atoms with E-state index in [1.807, 2.05) is 57.2 Å². The van der Waals surface area contributed by atoms with Crippen molar-refractivity contribution in [3.05, 3.63) is 54.1 Å². The maximum absolute atomic E-state index is 13.3. The quantitative estimate of drug-likeness (QED) is 0.567. The van der Waals surface area contributed by atoms with Crippen LogP contribution in [0.1, 0.15) is 53.5 Å². The van der Waals surface area contributed by atoms with Crippen LogP contribution in [0.5, 0.6) is 0 Å². The molecule has 5 heteroatoms. The molecule has 0 heterocycles. The number of hydrogen-bond acceptors (Lipinski definition) is 4. The van der Waals surface area contributed by atoms with E-state index in [2.05, 4.69) is 0 Å². The van der Waals surface area contributed by atoms with Crippen LogP contribution in [-0.2, 0) is 24.8 Å². The smallest absolute Gasteiger partial charge is 0.315 e. The number of carbonyl (C=O) groups excluding carboxylic acids is 1. The van der Waals surface area contributed by atoms with Crippen molar-refractivity contribution >= 4 is 15.8 Å². The molecular weight excluding hydrogens is 384 g/mol. The van der Waals surface area contributed by atoms with Gasteiger partial charge in [0.15, 0.2) is 9.84 Å². The topological polar surface area (TPSA) is 60.4 Å². The molecule has 2 aromatic carbocycles. The Hall–Kier alpha value is -2.14. The van der Waals surface area contributed by atoms with Crippen LogP contribution in [0.15, 0.2) is 53.4 Å². The number of rotatable bonds is 7. The maximum Gasteiger partial charge on any atom is 0.315 e. The Kier molecular flexibility index (Phi) is 6.94. The molecular formula is C24H32O4S. The van der Waals surface area contributed by atoms with Crippen molar-refractivity contribution in [3.8, 4) is 11.1 Å². The van der Waals surface area contributed by atoms with Crippen molar-refractivity contribution < 1.29 is 17.9 Å². The van der Waals surface area contributed by atoms with Crippen molar-refractivity contribution in [2.24, 2.45) is 5.41 Å². The first-order valence-corrected chi connectivity index (χ1v) is 11.6. The lowest BCUT2D eigenvalue weighted by Crippen LogP contribution is -2.31. The van der Waals surface area contributed by atoms with Gasteiger partial charge in [-0.25, -0.2) is 8.42 Å². The molecule has 2 rings (SSSR count). The molecule has 0 unspecified atom stereocenters. The largest absolute Gasteiger partial charge is 0.465 e. The predicted octanol–water partition coefficient (Wildman–Crippen LogP) is 5.40. The second-order valence-electron chi connectivity index (χ2n) is 9.05. The average Bonchev–Trinajstić information content (AvgIpc) is 2.66. The third kappa shape index (κ3) is 5.69. The van der Waals surface area contributed by atoms with Crippen LogP contribution in [0.3, 0.4) is 0 Å². The normalized spacial score (nSPS) is 12.6. The monoisotopic (exact) mass is 416 g/mol. The Morgan fingerprint density at radius 3 is 2.14 bits per heavy atom. The summed E-state index contributed by atoms with van der Waals surface area (Å²) in [5.41, 5.74) is 1.08. The summed E-state index contributed by atoms with van der Waals surface area (Å²) in [5.74, 6) is -0.315. The molecule has 0 aromatic heterocycles. The van der Waals surface area contributed by atoms with Gasteiger partial charge < -0.3 is 4.74 Å². The van der Waals surface area contributed by atoms with Crippen molar-refractivity contribution in [2.75, 3.05) is 12.4 Å². The molecule has 0 N–H and O–H groups in total. The Morgan fingerprint density at radius 1 is 0.966 bits per heavy atom. The van der Waals surface area contributed by atoms with Crippen molar-refractivity contribution in [3.63, 3.8) is 0 Å². The lowest BCUT2D eigenvalue weighted by molar-refractivity contribution is -0.148. The third-order valence-electron chi connectivity index (χ3n) is 5.03. The standard InChI is InChI=1S/C24H32O4S/c1-7-28-22(25)24(5,6)19-13-14-20(18-11-9-8-10-12-18)21(17-19)29(26,27)16-15-23(2,3)4/h8-14,17H,7,15-16H2,1-6H3. The van der Waals surface area contributed by atoms with Crippen LogP contribution in [-0.4, -0.2) is 26.7 Å². The fraction of sp³-hybridized carbons (Fsp3) is 0.458. The Bertz CT molecular complexity index is 952. The number of sulfone groups is 1. The van der Waals surface area contributed by atoms with Crippen molar-refractivity contribution in [2.45, 2.75) is 58.3 Å². The predicted molar refractivity (Wildman–Crippen MR) is 118 cm³/mol. The molecule has 0 saturated heterocycles. The average molecular weight is 417 g/mol. The van der Waals surface area contributed by atoms with Gasteiger partial charge in [-0.2, -0.15) is 0 Å². The fourth-order valence-electron chi connectivity index (χ4n) is 3.00. The highest BCUT2D eigenvalue weighted by atomic mass is 32.2. The molecule has 0 amide bonds. The number of carbonyl (C=O) groups is 1. The number of hydrogen-bond donors (Lipinski definition) is 0. The molecule has 29 heavy (non-hydrogen) atoms. The summed E-state index contributed by atoms with van der Waals surface area (Å²) in [6.07, 6.45) is 0.551. The van der Waals surface area contributed by atoms with Gasteiger partial charge in [-0.1, -0.05) is 63.2 Å². The van der Waals surface area contributed by atoms with Crippen LogP contribution in [0, 0.1) is 5.41 Å². The van der Waals surface area contributed by atoms with Gasteiger partial charge in [0.05, 0.1) is 22.7 Å². The molecule has 0 aliphatic carbocycles. The zero-order valence-electron chi connectivity index (χ0n) is 18.3. The zero-order chi connectivity index (χ0) is 21.9.